The highest BCUT2D eigenvalue weighted by atomic mass is 35.5. The molecular formula is C28H20ClN3O3. The molecule has 0 radical (unpaired) electrons. The van der Waals surface area contributed by atoms with Crippen LogP contribution in [0.3, 0.4) is 0 Å². The minimum absolute atomic E-state index is 0.0514. The van der Waals surface area contributed by atoms with Crippen LogP contribution in [0.5, 0.6) is 5.88 Å². The van der Waals surface area contributed by atoms with Crippen molar-refractivity contribution in [2.24, 2.45) is 4.99 Å². The molecule has 3 aromatic carbocycles. The van der Waals surface area contributed by atoms with Gasteiger partial charge in [0.15, 0.2) is 0 Å². The molecule has 0 unspecified atom stereocenters. The van der Waals surface area contributed by atoms with Crippen molar-refractivity contribution in [3.63, 3.8) is 0 Å². The Hall–Kier alpha value is -4.42. The first-order valence-corrected chi connectivity index (χ1v) is 11.3. The molecule has 0 bridgehead atoms. The molecule has 0 atom stereocenters. The molecule has 35 heavy (non-hydrogen) atoms. The van der Waals surface area contributed by atoms with Gasteiger partial charge >= 0.3 is 5.69 Å². The second kappa shape index (κ2) is 9.08. The van der Waals surface area contributed by atoms with E-state index in [1.54, 1.807) is 30.3 Å². The van der Waals surface area contributed by atoms with Gasteiger partial charge in [-0.1, -0.05) is 77.8 Å². The number of hydrogen-bond donors (Lipinski definition) is 3. The zero-order valence-electron chi connectivity index (χ0n) is 18.7. The molecule has 0 saturated heterocycles. The Labute approximate surface area is 205 Å². The molecule has 1 aliphatic rings. The number of aryl methyl sites for hydroxylation is 1. The van der Waals surface area contributed by atoms with E-state index in [1.165, 1.54) is 0 Å². The number of benzene rings is 3. The van der Waals surface area contributed by atoms with Gasteiger partial charge in [0.25, 0.3) is 5.56 Å². The quantitative estimate of drug-likeness (QED) is 0.365. The Balaban J connectivity index is 1.75. The zero-order chi connectivity index (χ0) is 24.5. The lowest BCUT2D eigenvalue weighted by Gasteiger charge is -2.10. The highest BCUT2D eigenvalue weighted by Crippen LogP contribution is 2.38. The number of aromatic nitrogens is 2. The summed E-state index contributed by atoms with van der Waals surface area (Å²) in [6.45, 7) is 2.02. The van der Waals surface area contributed by atoms with Crippen molar-refractivity contribution in [3.8, 4) is 5.88 Å². The van der Waals surface area contributed by atoms with Gasteiger partial charge in [-0.15, -0.1) is 0 Å². The number of nitrogens with zero attached hydrogens (tertiary/aromatic N) is 1. The summed E-state index contributed by atoms with van der Waals surface area (Å²) in [5.41, 5.74) is 5.06. The van der Waals surface area contributed by atoms with Crippen LogP contribution >= 0.6 is 11.6 Å². The third-order valence-corrected chi connectivity index (χ3v) is 5.99. The topological polar surface area (TPSA) is 98.3 Å². The van der Waals surface area contributed by atoms with Crippen LogP contribution in [-0.4, -0.2) is 20.8 Å². The fourth-order valence-corrected chi connectivity index (χ4v) is 4.23. The monoisotopic (exact) mass is 481 g/mol. The SMILES string of the molecule is Cc1ccc2c(c1)/C(=C/C=C(/c1ccc(Cl)cc1)c1c(O)[nH]c(=O)[nH]c1=O)C(c1ccccc1)=N2. The molecular weight excluding hydrogens is 462 g/mol. The molecule has 2 heterocycles. The van der Waals surface area contributed by atoms with Gasteiger partial charge in [-0.2, -0.15) is 0 Å². The van der Waals surface area contributed by atoms with Gasteiger partial charge in [0.1, 0.15) is 5.56 Å². The Bertz CT molecular complexity index is 1640. The van der Waals surface area contributed by atoms with E-state index in [2.05, 4.69) is 16.0 Å². The third-order valence-electron chi connectivity index (χ3n) is 5.74. The van der Waals surface area contributed by atoms with Gasteiger partial charge in [-0.25, -0.2) is 9.79 Å². The summed E-state index contributed by atoms with van der Waals surface area (Å²) in [7, 11) is 0. The predicted molar refractivity (Wildman–Crippen MR) is 140 cm³/mol. The van der Waals surface area contributed by atoms with Crippen LogP contribution in [0.25, 0.3) is 11.1 Å². The number of halogens is 1. The summed E-state index contributed by atoms with van der Waals surface area (Å²) in [4.78, 5) is 33.7. The van der Waals surface area contributed by atoms with Crippen LogP contribution in [0.15, 0.2) is 99.5 Å². The Morgan fingerprint density at radius 3 is 2.43 bits per heavy atom. The molecule has 0 fully saturated rings. The molecule has 172 valence electrons. The largest absolute Gasteiger partial charge is 0.494 e. The van der Waals surface area contributed by atoms with Crippen molar-refractivity contribution in [1.29, 1.82) is 0 Å². The van der Waals surface area contributed by atoms with Crippen molar-refractivity contribution in [2.75, 3.05) is 0 Å². The van der Waals surface area contributed by atoms with Crippen molar-refractivity contribution in [1.82, 2.24) is 9.97 Å². The maximum absolute atomic E-state index is 12.7. The van der Waals surface area contributed by atoms with Gasteiger partial charge in [-0.05, 0) is 42.3 Å². The number of fused-ring (bicyclic) bond motifs is 1. The molecule has 7 heteroatoms. The van der Waals surface area contributed by atoms with Crippen LogP contribution in [0.1, 0.15) is 27.8 Å². The maximum atomic E-state index is 12.7. The van der Waals surface area contributed by atoms with Crippen LogP contribution in [0.2, 0.25) is 5.02 Å². The first kappa shape index (κ1) is 22.4. The van der Waals surface area contributed by atoms with Gasteiger partial charge in [0, 0.05) is 21.7 Å². The average molecular weight is 482 g/mol. The number of aliphatic imine (C=N–C) groups is 1. The number of aromatic hydroxyl groups is 1. The predicted octanol–water partition coefficient (Wildman–Crippen LogP) is 5.38. The van der Waals surface area contributed by atoms with E-state index in [-0.39, 0.29) is 5.56 Å². The van der Waals surface area contributed by atoms with E-state index < -0.39 is 17.1 Å². The molecule has 0 aliphatic carbocycles. The lowest BCUT2D eigenvalue weighted by Crippen LogP contribution is -2.24. The number of allylic oxidation sites excluding steroid dienone is 3. The molecule has 0 amide bonds. The van der Waals surface area contributed by atoms with Crippen LogP contribution < -0.4 is 11.2 Å². The number of aromatic amines is 2. The van der Waals surface area contributed by atoms with E-state index in [4.69, 9.17) is 16.6 Å². The average Bonchev–Trinajstić information content (AvgIpc) is 3.19. The minimum atomic E-state index is -0.788. The van der Waals surface area contributed by atoms with Crippen molar-refractivity contribution >= 4 is 34.1 Å². The first-order valence-electron chi connectivity index (χ1n) is 10.9. The molecule has 4 aromatic rings. The highest BCUT2D eigenvalue weighted by Gasteiger charge is 2.22. The molecule has 1 aromatic heterocycles. The molecule has 1 aliphatic heterocycles. The smallest absolute Gasteiger partial charge is 0.328 e. The van der Waals surface area contributed by atoms with Gasteiger partial charge in [-0.3, -0.25) is 14.8 Å². The molecule has 6 nitrogen and oxygen atoms in total. The fraction of sp³-hybridized carbons (Fsp3) is 0.0357. The Morgan fingerprint density at radius 1 is 0.971 bits per heavy atom. The number of nitrogens with one attached hydrogen (secondary N) is 2. The van der Waals surface area contributed by atoms with E-state index in [1.807, 2.05) is 55.5 Å². The number of hydrogen-bond acceptors (Lipinski definition) is 4. The lowest BCUT2D eigenvalue weighted by molar-refractivity contribution is 0.446. The maximum Gasteiger partial charge on any atom is 0.328 e. The summed E-state index contributed by atoms with van der Waals surface area (Å²) in [6, 6.07) is 22.8. The lowest BCUT2D eigenvalue weighted by atomic mass is 9.94. The van der Waals surface area contributed by atoms with Gasteiger partial charge < -0.3 is 5.11 Å². The zero-order valence-corrected chi connectivity index (χ0v) is 19.4. The molecule has 5 rings (SSSR count). The third kappa shape index (κ3) is 4.39. The summed E-state index contributed by atoms with van der Waals surface area (Å²) >= 11 is 6.07. The van der Waals surface area contributed by atoms with E-state index >= 15 is 0 Å². The van der Waals surface area contributed by atoms with Crippen LogP contribution in [0.4, 0.5) is 5.69 Å². The summed E-state index contributed by atoms with van der Waals surface area (Å²) in [6.07, 6.45) is 3.63. The van der Waals surface area contributed by atoms with Crippen molar-refractivity contribution in [3.05, 3.63) is 139 Å². The highest BCUT2D eigenvalue weighted by molar-refractivity contribution is 6.36. The molecule has 3 N–H and O–H groups in total. The fourth-order valence-electron chi connectivity index (χ4n) is 4.10. The number of H-pyrrole nitrogens is 2. The first-order chi connectivity index (χ1) is 16.9. The van der Waals surface area contributed by atoms with Crippen LogP contribution in [0, 0.1) is 6.92 Å². The minimum Gasteiger partial charge on any atom is -0.494 e. The van der Waals surface area contributed by atoms with Gasteiger partial charge in [0.2, 0.25) is 5.88 Å². The Morgan fingerprint density at radius 2 is 1.71 bits per heavy atom. The van der Waals surface area contributed by atoms with Crippen molar-refractivity contribution < 1.29 is 5.11 Å². The molecule has 0 spiro atoms. The van der Waals surface area contributed by atoms with E-state index in [0.717, 1.165) is 33.7 Å². The van der Waals surface area contributed by atoms with Crippen molar-refractivity contribution in [2.45, 2.75) is 6.92 Å². The summed E-state index contributed by atoms with van der Waals surface area (Å²) in [5.74, 6) is -0.516. The Kier molecular flexibility index (Phi) is 5.81. The second-order valence-electron chi connectivity index (χ2n) is 8.15. The van der Waals surface area contributed by atoms with Crippen LogP contribution in [-0.2, 0) is 0 Å². The number of rotatable bonds is 4. The second-order valence-corrected chi connectivity index (χ2v) is 8.58. The van der Waals surface area contributed by atoms with E-state index in [9.17, 15) is 14.7 Å². The normalized spacial score (nSPS) is 14.2. The standard InChI is InChI=1S/C28H20ClN3O3/c1-16-7-14-23-22(15-16)21(25(30-23)18-5-3-2-4-6-18)13-12-20(17-8-10-19(29)11-9-17)24-26(33)31-28(35)32-27(24)34/h2-15H,1H3,(H3,31,32,33,34,35)/b20-12-,21-13-. The molecule has 0 saturated carbocycles. The van der Waals surface area contributed by atoms with Gasteiger partial charge in [0.05, 0.1) is 11.4 Å². The summed E-state index contributed by atoms with van der Waals surface area (Å²) in [5, 5.41) is 11.0. The van der Waals surface area contributed by atoms with E-state index in [0.29, 0.717) is 16.2 Å². The summed E-state index contributed by atoms with van der Waals surface area (Å²) < 4.78 is 0.